The smallest absolute Gasteiger partial charge is 0.270 e. The molecule has 5 nitrogen and oxygen atoms in total. The predicted octanol–water partition coefficient (Wildman–Crippen LogP) is 4.38. The van der Waals surface area contributed by atoms with Crippen molar-refractivity contribution in [3.63, 3.8) is 0 Å². The molecule has 0 bridgehead atoms. The maximum absolute atomic E-state index is 12.5. The summed E-state index contributed by atoms with van der Waals surface area (Å²) in [6.07, 6.45) is 0. The average molecular weight is 333 g/mol. The highest BCUT2D eigenvalue weighted by atomic mass is 35.5. The van der Waals surface area contributed by atoms with Gasteiger partial charge in [-0.2, -0.15) is 0 Å². The molecule has 0 aromatic heterocycles. The van der Waals surface area contributed by atoms with Crippen LogP contribution in [-0.4, -0.2) is 10.8 Å². The number of nitro benzene ring substituents is 1. The van der Waals surface area contributed by atoms with Gasteiger partial charge in [-0.25, -0.2) is 0 Å². The first kappa shape index (κ1) is 17.0. The topological polar surface area (TPSA) is 72.2 Å². The van der Waals surface area contributed by atoms with Crippen LogP contribution in [0.25, 0.3) is 0 Å². The van der Waals surface area contributed by atoms with Gasteiger partial charge in [-0.05, 0) is 17.5 Å². The molecule has 23 heavy (non-hydrogen) atoms. The normalized spacial score (nSPS) is 12.0. The minimum Gasteiger partial charge on any atom is -0.345 e. The van der Waals surface area contributed by atoms with E-state index in [4.69, 9.17) is 11.6 Å². The summed E-state index contributed by atoms with van der Waals surface area (Å²) in [4.78, 5) is 22.7. The maximum Gasteiger partial charge on any atom is 0.270 e. The van der Waals surface area contributed by atoms with E-state index in [0.717, 1.165) is 5.56 Å². The Bertz CT molecular complexity index is 717. The molecule has 0 aliphatic rings. The first-order chi connectivity index (χ1) is 10.9. The molecule has 1 amide bonds. The van der Waals surface area contributed by atoms with Crippen LogP contribution in [0.3, 0.4) is 0 Å². The van der Waals surface area contributed by atoms with Crippen LogP contribution in [-0.2, 0) is 0 Å². The third-order valence-electron chi connectivity index (χ3n) is 3.52. The van der Waals surface area contributed by atoms with Crippen LogP contribution in [0.15, 0.2) is 48.5 Å². The van der Waals surface area contributed by atoms with E-state index in [1.54, 1.807) is 0 Å². The van der Waals surface area contributed by atoms with Crippen molar-refractivity contribution < 1.29 is 9.72 Å². The van der Waals surface area contributed by atoms with Crippen molar-refractivity contribution in [3.05, 3.63) is 74.8 Å². The fourth-order valence-corrected chi connectivity index (χ4v) is 2.58. The zero-order chi connectivity index (χ0) is 17.0. The number of nitro groups is 1. The Labute approximate surface area is 139 Å². The van der Waals surface area contributed by atoms with Gasteiger partial charge in [-0.3, -0.25) is 14.9 Å². The van der Waals surface area contributed by atoms with Crippen LogP contribution in [0, 0.1) is 16.0 Å². The number of hydrogen-bond donors (Lipinski definition) is 1. The molecule has 0 aliphatic carbocycles. The molecule has 6 heteroatoms. The van der Waals surface area contributed by atoms with E-state index in [1.807, 2.05) is 44.2 Å². The van der Waals surface area contributed by atoms with Gasteiger partial charge in [0.15, 0.2) is 0 Å². The monoisotopic (exact) mass is 332 g/mol. The summed E-state index contributed by atoms with van der Waals surface area (Å²) in [5.74, 6) is -0.175. The van der Waals surface area contributed by atoms with Gasteiger partial charge in [0, 0.05) is 12.1 Å². The number of carbonyl (C=O) groups is 1. The third kappa shape index (κ3) is 4.07. The van der Waals surface area contributed by atoms with E-state index in [9.17, 15) is 14.9 Å². The standard InChI is InChI=1S/C17H17ClN2O3/c1-11(2)16(12-6-4-3-5-7-12)19-17(21)14-9-8-13(20(22)23)10-15(14)18/h3-11,16H,1-2H3,(H,19,21). The molecule has 2 aromatic rings. The molecule has 1 N–H and O–H groups in total. The fraction of sp³-hybridized carbons (Fsp3) is 0.235. The molecule has 0 fully saturated rings. The van der Waals surface area contributed by atoms with Crippen LogP contribution in [0.1, 0.15) is 35.8 Å². The summed E-state index contributed by atoms with van der Waals surface area (Å²) in [5.41, 5.74) is 1.07. The molecular formula is C17H17ClN2O3. The Balaban J connectivity index is 2.24. The second kappa shape index (κ2) is 7.24. The number of hydrogen-bond acceptors (Lipinski definition) is 3. The first-order valence-electron chi connectivity index (χ1n) is 7.20. The van der Waals surface area contributed by atoms with E-state index < -0.39 is 4.92 Å². The SMILES string of the molecule is CC(C)C(NC(=O)c1ccc([N+](=O)[O-])cc1Cl)c1ccccc1. The molecular weight excluding hydrogens is 316 g/mol. The van der Waals surface area contributed by atoms with E-state index in [2.05, 4.69) is 5.32 Å². The van der Waals surface area contributed by atoms with Crippen molar-refractivity contribution in [1.82, 2.24) is 5.32 Å². The second-order valence-corrected chi connectivity index (χ2v) is 5.93. The Morgan fingerprint density at radius 1 is 1.17 bits per heavy atom. The Morgan fingerprint density at radius 3 is 2.35 bits per heavy atom. The number of carbonyl (C=O) groups excluding carboxylic acids is 1. The van der Waals surface area contributed by atoms with Crippen molar-refractivity contribution in [2.45, 2.75) is 19.9 Å². The van der Waals surface area contributed by atoms with Crippen molar-refractivity contribution in [2.75, 3.05) is 0 Å². The molecule has 120 valence electrons. The quantitative estimate of drug-likeness (QED) is 0.652. The lowest BCUT2D eigenvalue weighted by Crippen LogP contribution is -2.31. The third-order valence-corrected chi connectivity index (χ3v) is 3.83. The number of nitrogens with zero attached hydrogens (tertiary/aromatic N) is 1. The highest BCUT2D eigenvalue weighted by Crippen LogP contribution is 2.25. The van der Waals surface area contributed by atoms with Crippen LogP contribution in [0.5, 0.6) is 0 Å². The Kier molecular flexibility index (Phi) is 5.34. The molecule has 0 saturated heterocycles. The molecule has 0 radical (unpaired) electrons. The largest absolute Gasteiger partial charge is 0.345 e. The highest BCUT2D eigenvalue weighted by Gasteiger charge is 2.21. The zero-order valence-electron chi connectivity index (χ0n) is 12.8. The summed E-state index contributed by atoms with van der Waals surface area (Å²) >= 11 is 6.01. The lowest BCUT2D eigenvalue weighted by atomic mass is 9.95. The van der Waals surface area contributed by atoms with Crippen molar-refractivity contribution >= 4 is 23.2 Å². The van der Waals surface area contributed by atoms with Gasteiger partial charge in [0.1, 0.15) is 0 Å². The van der Waals surface area contributed by atoms with Gasteiger partial charge in [0.2, 0.25) is 0 Å². The summed E-state index contributed by atoms with van der Waals surface area (Å²) in [6, 6.07) is 13.3. The average Bonchev–Trinajstić information content (AvgIpc) is 2.52. The van der Waals surface area contributed by atoms with Gasteiger partial charge >= 0.3 is 0 Å². The summed E-state index contributed by atoms with van der Waals surface area (Å²) in [5, 5.41) is 13.7. The number of non-ortho nitro benzene ring substituents is 1. The zero-order valence-corrected chi connectivity index (χ0v) is 13.6. The lowest BCUT2D eigenvalue weighted by Gasteiger charge is -2.23. The van der Waals surface area contributed by atoms with Crippen molar-refractivity contribution in [2.24, 2.45) is 5.92 Å². The van der Waals surface area contributed by atoms with Crippen molar-refractivity contribution in [1.29, 1.82) is 0 Å². The minimum absolute atomic E-state index is 0.0623. The lowest BCUT2D eigenvalue weighted by molar-refractivity contribution is -0.384. The summed E-state index contributed by atoms with van der Waals surface area (Å²) in [7, 11) is 0. The molecule has 2 rings (SSSR count). The summed E-state index contributed by atoms with van der Waals surface area (Å²) in [6.45, 7) is 4.02. The van der Waals surface area contributed by atoms with Crippen molar-refractivity contribution in [3.8, 4) is 0 Å². The Morgan fingerprint density at radius 2 is 1.83 bits per heavy atom. The van der Waals surface area contributed by atoms with E-state index in [0.29, 0.717) is 0 Å². The van der Waals surface area contributed by atoms with E-state index in [1.165, 1.54) is 18.2 Å². The number of benzene rings is 2. The van der Waals surface area contributed by atoms with Gasteiger partial charge in [0.05, 0.1) is 21.6 Å². The molecule has 0 heterocycles. The summed E-state index contributed by atoms with van der Waals surface area (Å²) < 4.78 is 0. The molecule has 2 aromatic carbocycles. The number of halogens is 1. The van der Waals surface area contributed by atoms with Gasteiger partial charge in [-0.15, -0.1) is 0 Å². The second-order valence-electron chi connectivity index (χ2n) is 5.53. The molecule has 1 atom stereocenters. The highest BCUT2D eigenvalue weighted by molar-refractivity contribution is 6.34. The first-order valence-corrected chi connectivity index (χ1v) is 7.57. The number of rotatable bonds is 5. The molecule has 0 spiro atoms. The predicted molar refractivity (Wildman–Crippen MR) is 89.6 cm³/mol. The Hall–Kier alpha value is -2.40. The fourth-order valence-electron chi connectivity index (χ4n) is 2.32. The number of amides is 1. The van der Waals surface area contributed by atoms with Gasteiger partial charge < -0.3 is 5.32 Å². The van der Waals surface area contributed by atoms with Crippen LogP contribution >= 0.6 is 11.6 Å². The minimum atomic E-state index is -0.547. The van der Waals surface area contributed by atoms with Crippen LogP contribution in [0.2, 0.25) is 5.02 Å². The van der Waals surface area contributed by atoms with E-state index in [-0.39, 0.29) is 34.1 Å². The van der Waals surface area contributed by atoms with Crippen LogP contribution < -0.4 is 5.32 Å². The van der Waals surface area contributed by atoms with E-state index >= 15 is 0 Å². The number of nitrogens with one attached hydrogen (secondary N) is 1. The molecule has 0 aliphatic heterocycles. The van der Waals surface area contributed by atoms with Gasteiger partial charge in [0.25, 0.3) is 11.6 Å². The molecule has 0 saturated carbocycles. The van der Waals surface area contributed by atoms with Crippen LogP contribution in [0.4, 0.5) is 5.69 Å². The maximum atomic E-state index is 12.5. The van der Waals surface area contributed by atoms with Gasteiger partial charge in [-0.1, -0.05) is 55.8 Å². The molecule has 1 unspecified atom stereocenters.